The molecule has 112 valence electrons. The Kier molecular flexibility index (Phi) is 5.14. The lowest BCUT2D eigenvalue weighted by molar-refractivity contribution is 0.162. The van der Waals surface area contributed by atoms with Crippen molar-refractivity contribution in [3.8, 4) is 0 Å². The predicted molar refractivity (Wildman–Crippen MR) is 88.3 cm³/mol. The van der Waals surface area contributed by atoms with Gasteiger partial charge >= 0.3 is 0 Å². The number of nitrogens with one attached hydrogen (secondary N) is 1. The molecule has 1 fully saturated rings. The minimum absolute atomic E-state index is 0.453. The van der Waals surface area contributed by atoms with Crippen LogP contribution >= 0.6 is 11.6 Å². The fraction of sp³-hybridized carbons (Fsp3) is 0.667. The molecular formula is C18H28ClN. The first-order valence-corrected chi connectivity index (χ1v) is 8.30. The van der Waals surface area contributed by atoms with Crippen molar-refractivity contribution in [2.45, 2.75) is 59.4 Å². The number of aryl methyl sites for hydroxylation is 1. The average molecular weight is 294 g/mol. The standard InChI is InChI=1S/C18H28ClN/c1-5-20-17(14-8-10-18(3,4)11-9-14)15-7-6-13(2)16(19)12-15/h6-7,12,14,17,20H,5,8-11H2,1-4H3. The van der Waals surface area contributed by atoms with Crippen LogP contribution in [0.15, 0.2) is 18.2 Å². The molecule has 0 saturated heterocycles. The number of hydrogen-bond donors (Lipinski definition) is 1. The van der Waals surface area contributed by atoms with E-state index in [1.54, 1.807) is 0 Å². The first-order chi connectivity index (χ1) is 9.43. The van der Waals surface area contributed by atoms with Crippen LogP contribution in [-0.4, -0.2) is 6.54 Å². The monoisotopic (exact) mass is 293 g/mol. The van der Waals surface area contributed by atoms with Crippen molar-refractivity contribution < 1.29 is 0 Å². The van der Waals surface area contributed by atoms with Crippen LogP contribution in [0, 0.1) is 18.3 Å². The summed E-state index contributed by atoms with van der Waals surface area (Å²) >= 11 is 6.31. The van der Waals surface area contributed by atoms with Gasteiger partial charge in [-0.1, -0.05) is 44.5 Å². The highest BCUT2D eigenvalue weighted by molar-refractivity contribution is 6.31. The van der Waals surface area contributed by atoms with E-state index in [2.05, 4.69) is 51.2 Å². The molecule has 2 rings (SSSR count). The molecule has 1 N–H and O–H groups in total. The second-order valence-electron chi connectivity index (χ2n) is 7.05. The highest BCUT2D eigenvalue weighted by atomic mass is 35.5. The summed E-state index contributed by atoms with van der Waals surface area (Å²) in [6.07, 6.45) is 5.30. The molecule has 0 aliphatic heterocycles. The molecule has 1 unspecified atom stereocenters. The number of halogens is 1. The Morgan fingerprint density at radius 2 is 1.95 bits per heavy atom. The molecule has 1 atom stereocenters. The van der Waals surface area contributed by atoms with E-state index >= 15 is 0 Å². The maximum atomic E-state index is 6.31. The summed E-state index contributed by atoms with van der Waals surface area (Å²) in [7, 11) is 0. The van der Waals surface area contributed by atoms with Gasteiger partial charge in [0.25, 0.3) is 0 Å². The highest BCUT2D eigenvalue weighted by Gasteiger charge is 2.31. The molecule has 1 aliphatic rings. The summed E-state index contributed by atoms with van der Waals surface area (Å²) in [5, 5.41) is 4.57. The van der Waals surface area contributed by atoms with Crippen LogP contribution < -0.4 is 5.32 Å². The van der Waals surface area contributed by atoms with E-state index in [-0.39, 0.29) is 0 Å². The van der Waals surface area contributed by atoms with Gasteiger partial charge in [0.05, 0.1) is 0 Å². The van der Waals surface area contributed by atoms with Crippen LogP contribution in [0.4, 0.5) is 0 Å². The Morgan fingerprint density at radius 1 is 1.30 bits per heavy atom. The molecule has 1 aliphatic carbocycles. The number of rotatable bonds is 4. The van der Waals surface area contributed by atoms with E-state index in [1.165, 1.54) is 31.2 Å². The van der Waals surface area contributed by atoms with Crippen LogP contribution in [0.5, 0.6) is 0 Å². The minimum atomic E-state index is 0.453. The second kappa shape index (κ2) is 6.49. The van der Waals surface area contributed by atoms with E-state index in [0.29, 0.717) is 11.5 Å². The van der Waals surface area contributed by atoms with Crippen molar-refractivity contribution in [3.05, 3.63) is 34.3 Å². The van der Waals surface area contributed by atoms with Crippen LogP contribution in [0.2, 0.25) is 5.02 Å². The van der Waals surface area contributed by atoms with Gasteiger partial charge in [-0.3, -0.25) is 0 Å². The molecule has 1 saturated carbocycles. The number of benzene rings is 1. The van der Waals surface area contributed by atoms with Crippen LogP contribution in [-0.2, 0) is 0 Å². The summed E-state index contributed by atoms with van der Waals surface area (Å²) < 4.78 is 0. The number of hydrogen-bond acceptors (Lipinski definition) is 1. The van der Waals surface area contributed by atoms with E-state index in [4.69, 9.17) is 11.6 Å². The zero-order valence-corrected chi connectivity index (χ0v) is 14.1. The Bertz CT molecular complexity index is 443. The second-order valence-corrected chi connectivity index (χ2v) is 7.45. The van der Waals surface area contributed by atoms with Gasteiger partial charge in [0.2, 0.25) is 0 Å². The van der Waals surface area contributed by atoms with Crippen molar-refractivity contribution in [2.24, 2.45) is 11.3 Å². The van der Waals surface area contributed by atoms with Crippen molar-refractivity contribution in [3.63, 3.8) is 0 Å². The molecule has 0 radical (unpaired) electrons. The molecule has 20 heavy (non-hydrogen) atoms. The van der Waals surface area contributed by atoms with Crippen molar-refractivity contribution in [1.82, 2.24) is 5.32 Å². The van der Waals surface area contributed by atoms with E-state index in [9.17, 15) is 0 Å². The summed E-state index contributed by atoms with van der Waals surface area (Å²) in [4.78, 5) is 0. The summed E-state index contributed by atoms with van der Waals surface area (Å²) in [5.41, 5.74) is 3.04. The highest BCUT2D eigenvalue weighted by Crippen LogP contribution is 2.43. The van der Waals surface area contributed by atoms with Crippen LogP contribution in [0.25, 0.3) is 0 Å². The van der Waals surface area contributed by atoms with Gasteiger partial charge in [-0.05, 0) is 67.7 Å². The zero-order chi connectivity index (χ0) is 14.8. The Hall–Kier alpha value is -0.530. The molecule has 0 heterocycles. The smallest absolute Gasteiger partial charge is 0.0438 e. The normalized spacial score (nSPS) is 20.9. The molecule has 0 aromatic heterocycles. The van der Waals surface area contributed by atoms with Gasteiger partial charge in [-0.25, -0.2) is 0 Å². The topological polar surface area (TPSA) is 12.0 Å². The molecule has 1 aromatic carbocycles. The predicted octanol–water partition coefficient (Wildman–Crippen LogP) is 5.52. The quantitative estimate of drug-likeness (QED) is 0.771. The van der Waals surface area contributed by atoms with Gasteiger partial charge in [0, 0.05) is 11.1 Å². The van der Waals surface area contributed by atoms with Gasteiger partial charge in [0.15, 0.2) is 0 Å². The fourth-order valence-electron chi connectivity index (χ4n) is 3.33. The van der Waals surface area contributed by atoms with Gasteiger partial charge in [0.1, 0.15) is 0 Å². The molecule has 1 nitrogen and oxygen atoms in total. The van der Waals surface area contributed by atoms with E-state index in [1.807, 2.05) is 0 Å². The molecule has 0 amide bonds. The van der Waals surface area contributed by atoms with Gasteiger partial charge in [-0.2, -0.15) is 0 Å². The maximum absolute atomic E-state index is 6.31. The first-order valence-electron chi connectivity index (χ1n) is 7.92. The third-order valence-electron chi connectivity index (χ3n) is 4.83. The first kappa shape index (κ1) is 15.9. The summed E-state index contributed by atoms with van der Waals surface area (Å²) in [6, 6.07) is 7.00. The van der Waals surface area contributed by atoms with Crippen LogP contribution in [0.3, 0.4) is 0 Å². The SMILES string of the molecule is CCNC(c1ccc(C)c(Cl)c1)C1CCC(C)(C)CC1. The largest absolute Gasteiger partial charge is 0.310 e. The third kappa shape index (κ3) is 3.77. The maximum Gasteiger partial charge on any atom is 0.0438 e. The third-order valence-corrected chi connectivity index (χ3v) is 5.24. The fourth-order valence-corrected chi connectivity index (χ4v) is 3.52. The lowest BCUT2D eigenvalue weighted by Crippen LogP contribution is -2.32. The Balaban J connectivity index is 2.16. The molecular weight excluding hydrogens is 266 g/mol. The molecule has 0 spiro atoms. The van der Waals surface area contributed by atoms with Crippen molar-refractivity contribution >= 4 is 11.6 Å². The van der Waals surface area contributed by atoms with E-state index < -0.39 is 0 Å². The van der Waals surface area contributed by atoms with E-state index in [0.717, 1.165) is 23.0 Å². The van der Waals surface area contributed by atoms with Gasteiger partial charge in [-0.15, -0.1) is 0 Å². The van der Waals surface area contributed by atoms with Crippen LogP contribution in [0.1, 0.15) is 63.6 Å². The lowest BCUT2D eigenvalue weighted by Gasteiger charge is -2.38. The van der Waals surface area contributed by atoms with Crippen molar-refractivity contribution in [2.75, 3.05) is 6.54 Å². The zero-order valence-electron chi connectivity index (χ0n) is 13.3. The Morgan fingerprint density at radius 3 is 2.50 bits per heavy atom. The summed E-state index contributed by atoms with van der Waals surface area (Å²) in [5.74, 6) is 0.738. The average Bonchev–Trinajstić information content (AvgIpc) is 2.40. The summed E-state index contributed by atoms with van der Waals surface area (Å²) in [6.45, 7) is 10.1. The van der Waals surface area contributed by atoms with Gasteiger partial charge < -0.3 is 5.32 Å². The minimum Gasteiger partial charge on any atom is -0.310 e. The lowest BCUT2D eigenvalue weighted by atomic mass is 9.70. The van der Waals surface area contributed by atoms with Crippen molar-refractivity contribution in [1.29, 1.82) is 0 Å². The molecule has 0 bridgehead atoms. The Labute approximate surface area is 129 Å². The molecule has 2 heteroatoms. The molecule has 1 aromatic rings.